The quantitative estimate of drug-likeness (QED) is 0.350. The van der Waals surface area contributed by atoms with E-state index in [4.69, 9.17) is 10.6 Å². The highest BCUT2D eigenvalue weighted by molar-refractivity contribution is 8.00. The van der Waals surface area contributed by atoms with E-state index in [0.29, 0.717) is 0 Å². The zero-order valence-corrected chi connectivity index (χ0v) is 9.51. The fourth-order valence-electron chi connectivity index (χ4n) is 1.03. The predicted octanol–water partition coefficient (Wildman–Crippen LogP) is 1.17. The van der Waals surface area contributed by atoms with E-state index in [1.54, 1.807) is 14.0 Å². The zero-order valence-electron chi connectivity index (χ0n) is 8.69. The first-order chi connectivity index (χ1) is 7.17. The number of hydrogen-bond donors (Lipinski definition) is 2. The van der Waals surface area contributed by atoms with Gasteiger partial charge in [-0.25, -0.2) is 5.84 Å². The van der Waals surface area contributed by atoms with E-state index in [1.807, 2.05) is 24.3 Å². The number of nitrogens with two attached hydrogens (primary N) is 1. The summed E-state index contributed by atoms with van der Waals surface area (Å²) in [6, 6.07) is 7.53. The van der Waals surface area contributed by atoms with Crippen LogP contribution in [-0.4, -0.2) is 18.3 Å². The van der Waals surface area contributed by atoms with Crippen LogP contribution in [0.15, 0.2) is 29.2 Å². The van der Waals surface area contributed by atoms with Crippen molar-refractivity contribution in [2.45, 2.75) is 17.1 Å². The molecule has 1 unspecified atom stereocenters. The third-order valence-electron chi connectivity index (χ3n) is 1.88. The van der Waals surface area contributed by atoms with Crippen LogP contribution in [0.1, 0.15) is 6.92 Å². The van der Waals surface area contributed by atoms with Crippen LogP contribution in [0.5, 0.6) is 5.75 Å². The molecule has 0 fully saturated rings. The Bertz CT molecular complexity index is 327. The maximum absolute atomic E-state index is 11.2. The standard InChI is InChI=1S/C10H14N2O2S/c1-7(10(13)12-11)15-9-5-3-8(14-2)4-6-9/h3-7H,11H2,1-2H3,(H,12,13). The smallest absolute Gasteiger partial charge is 0.247 e. The minimum absolute atomic E-state index is 0.184. The SMILES string of the molecule is COc1ccc(SC(C)C(=O)NN)cc1. The van der Waals surface area contributed by atoms with Gasteiger partial charge in [0.15, 0.2) is 0 Å². The van der Waals surface area contributed by atoms with Crippen LogP contribution in [0, 0.1) is 0 Å². The molecule has 82 valence electrons. The first-order valence-electron chi connectivity index (χ1n) is 4.48. The zero-order chi connectivity index (χ0) is 11.3. The van der Waals surface area contributed by atoms with E-state index in [2.05, 4.69) is 5.43 Å². The summed E-state index contributed by atoms with van der Waals surface area (Å²) in [5.74, 6) is 5.66. The van der Waals surface area contributed by atoms with Gasteiger partial charge in [-0.15, -0.1) is 11.8 Å². The first-order valence-corrected chi connectivity index (χ1v) is 5.36. The molecule has 0 aliphatic heterocycles. The average molecular weight is 226 g/mol. The number of carbonyl (C=O) groups is 1. The van der Waals surface area contributed by atoms with Crippen molar-refractivity contribution in [3.05, 3.63) is 24.3 Å². The molecule has 0 aliphatic carbocycles. The van der Waals surface area contributed by atoms with E-state index in [1.165, 1.54) is 11.8 Å². The van der Waals surface area contributed by atoms with Gasteiger partial charge < -0.3 is 4.74 Å². The minimum Gasteiger partial charge on any atom is -0.497 e. The summed E-state index contributed by atoms with van der Waals surface area (Å²) in [6.07, 6.45) is 0. The van der Waals surface area contributed by atoms with Crippen LogP contribution in [0.2, 0.25) is 0 Å². The number of hydrazine groups is 1. The summed E-state index contributed by atoms with van der Waals surface area (Å²) in [5.41, 5.74) is 2.12. The molecule has 0 bridgehead atoms. The van der Waals surface area contributed by atoms with Gasteiger partial charge in [-0.1, -0.05) is 0 Å². The molecule has 15 heavy (non-hydrogen) atoms. The van der Waals surface area contributed by atoms with Gasteiger partial charge in [0.25, 0.3) is 0 Å². The molecule has 0 heterocycles. The molecule has 1 aromatic rings. The van der Waals surface area contributed by atoms with Gasteiger partial charge in [0.1, 0.15) is 5.75 Å². The Kier molecular flexibility index (Phi) is 4.45. The predicted molar refractivity (Wildman–Crippen MR) is 60.6 cm³/mol. The van der Waals surface area contributed by atoms with Crippen molar-refractivity contribution >= 4 is 17.7 Å². The Labute approximate surface area is 93.1 Å². The second-order valence-electron chi connectivity index (χ2n) is 2.94. The minimum atomic E-state index is -0.205. The Morgan fingerprint density at radius 3 is 2.53 bits per heavy atom. The first kappa shape index (κ1) is 11.9. The van der Waals surface area contributed by atoms with Crippen molar-refractivity contribution in [3.63, 3.8) is 0 Å². The highest BCUT2D eigenvalue weighted by Gasteiger charge is 2.12. The average Bonchev–Trinajstić information content (AvgIpc) is 2.29. The van der Waals surface area contributed by atoms with E-state index in [0.717, 1.165) is 10.6 Å². The second kappa shape index (κ2) is 5.63. The normalized spacial score (nSPS) is 11.9. The molecule has 0 radical (unpaired) electrons. The lowest BCUT2D eigenvalue weighted by atomic mass is 10.3. The van der Waals surface area contributed by atoms with E-state index in [-0.39, 0.29) is 11.2 Å². The molecule has 1 atom stereocenters. The molecule has 0 spiro atoms. The highest BCUT2D eigenvalue weighted by Crippen LogP contribution is 2.25. The van der Waals surface area contributed by atoms with Crippen molar-refractivity contribution < 1.29 is 9.53 Å². The Balaban J connectivity index is 2.60. The van der Waals surface area contributed by atoms with Gasteiger partial charge in [-0.05, 0) is 31.2 Å². The fourth-order valence-corrected chi connectivity index (χ4v) is 1.91. The van der Waals surface area contributed by atoms with Crippen LogP contribution in [0.4, 0.5) is 0 Å². The Hall–Kier alpha value is -1.20. The summed E-state index contributed by atoms with van der Waals surface area (Å²) >= 11 is 1.45. The van der Waals surface area contributed by atoms with Crippen LogP contribution in [-0.2, 0) is 4.79 Å². The lowest BCUT2D eigenvalue weighted by Gasteiger charge is -2.09. The molecule has 0 saturated heterocycles. The summed E-state index contributed by atoms with van der Waals surface area (Å²) in [4.78, 5) is 12.2. The molecule has 0 aromatic heterocycles. The molecule has 3 N–H and O–H groups in total. The molecule has 0 aliphatic rings. The monoisotopic (exact) mass is 226 g/mol. The van der Waals surface area contributed by atoms with Crippen molar-refractivity contribution in [2.24, 2.45) is 5.84 Å². The molecule has 4 nitrogen and oxygen atoms in total. The molecule has 5 heteroatoms. The highest BCUT2D eigenvalue weighted by atomic mass is 32.2. The maximum atomic E-state index is 11.2. The summed E-state index contributed by atoms with van der Waals surface area (Å²) in [6.45, 7) is 1.80. The number of ether oxygens (including phenoxy) is 1. The van der Waals surface area contributed by atoms with Crippen LogP contribution >= 0.6 is 11.8 Å². The number of hydrogen-bond acceptors (Lipinski definition) is 4. The van der Waals surface area contributed by atoms with E-state index >= 15 is 0 Å². The third kappa shape index (κ3) is 3.45. The molecular formula is C10H14N2O2S. The van der Waals surface area contributed by atoms with E-state index < -0.39 is 0 Å². The van der Waals surface area contributed by atoms with Gasteiger partial charge in [0.05, 0.1) is 12.4 Å². The summed E-state index contributed by atoms with van der Waals surface area (Å²) in [7, 11) is 1.62. The topological polar surface area (TPSA) is 64.3 Å². The Morgan fingerprint density at radius 2 is 2.07 bits per heavy atom. The number of amides is 1. The second-order valence-corrected chi connectivity index (χ2v) is 4.36. The summed E-state index contributed by atoms with van der Waals surface area (Å²) < 4.78 is 5.03. The van der Waals surface area contributed by atoms with Gasteiger partial charge in [0, 0.05) is 4.90 Å². The summed E-state index contributed by atoms with van der Waals surface area (Å²) in [5, 5.41) is -0.205. The van der Waals surface area contributed by atoms with Crippen molar-refractivity contribution in [3.8, 4) is 5.75 Å². The van der Waals surface area contributed by atoms with Crippen molar-refractivity contribution in [1.82, 2.24) is 5.43 Å². The van der Waals surface area contributed by atoms with E-state index in [9.17, 15) is 4.79 Å². The van der Waals surface area contributed by atoms with Gasteiger partial charge in [-0.3, -0.25) is 10.2 Å². The number of rotatable bonds is 4. The third-order valence-corrected chi connectivity index (χ3v) is 3.00. The van der Waals surface area contributed by atoms with Gasteiger partial charge in [-0.2, -0.15) is 0 Å². The molecular weight excluding hydrogens is 212 g/mol. The van der Waals surface area contributed by atoms with Crippen LogP contribution in [0.3, 0.4) is 0 Å². The lowest BCUT2D eigenvalue weighted by Crippen LogP contribution is -2.36. The Morgan fingerprint density at radius 1 is 1.47 bits per heavy atom. The van der Waals surface area contributed by atoms with Crippen LogP contribution in [0.25, 0.3) is 0 Å². The number of nitrogens with one attached hydrogen (secondary N) is 1. The number of thioether (sulfide) groups is 1. The van der Waals surface area contributed by atoms with Crippen molar-refractivity contribution in [1.29, 1.82) is 0 Å². The number of carbonyl (C=O) groups excluding carboxylic acids is 1. The molecule has 1 aromatic carbocycles. The van der Waals surface area contributed by atoms with Crippen LogP contribution < -0.4 is 16.0 Å². The van der Waals surface area contributed by atoms with Gasteiger partial charge in [0.2, 0.25) is 5.91 Å². The number of methoxy groups -OCH3 is 1. The largest absolute Gasteiger partial charge is 0.497 e. The maximum Gasteiger partial charge on any atom is 0.247 e. The lowest BCUT2D eigenvalue weighted by molar-refractivity contribution is -0.120. The molecule has 1 amide bonds. The number of benzene rings is 1. The fraction of sp³-hybridized carbons (Fsp3) is 0.300. The molecule has 1 rings (SSSR count). The molecule has 0 saturated carbocycles. The van der Waals surface area contributed by atoms with Gasteiger partial charge >= 0.3 is 0 Å². The van der Waals surface area contributed by atoms with Crippen molar-refractivity contribution in [2.75, 3.05) is 7.11 Å².